The van der Waals surface area contributed by atoms with Crippen molar-refractivity contribution < 1.29 is 34.1 Å². The van der Waals surface area contributed by atoms with Crippen LogP contribution < -0.4 is 0 Å². The van der Waals surface area contributed by atoms with Crippen LogP contribution in [0.25, 0.3) is 0 Å². The molecule has 3 fully saturated rings. The predicted octanol–water partition coefficient (Wildman–Crippen LogP) is 3.31. The Morgan fingerprint density at radius 2 is 1.85 bits per heavy atom. The minimum absolute atomic E-state index is 0.0214. The summed E-state index contributed by atoms with van der Waals surface area (Å²) in [5.41, 5.74) is -1.67. The highest BCUT2D eigenvalue weighted by atomic mass is 16.6. The van der Waals surface area contributed by atoms with Crippen LogP contribution in [0.1, 0.15) is 59.8 Å². The van der Waals surface area contributed by atoms with E-state index in [9.17, 15) is 24.6 Å². The number of ether oxygens (including phenoxy) is 2. The summed E-state index contributed by atoms with van der Waals surface area (Å²) >= 11 is 0. The topological polar surface area (TPSA) is 110 Å². The van der Waals surface area contributed by atoms with Crippen molar-refractivity contribution in [2.24, 2.45) is 34.5 Å². The van der Waals surface area contributed by atoms with Gasteiger partial charge in [-0.1, -0.05) is 13.8 Å². The van der Waals surface area contributed by atoms with E-state index in [0.717, 1.165) is 12.0 Å². The normalized spacial score (nSPS) is 41.9. The molecule has 0 radical (unpaired) electrons. The van der Waals surface area contributed by atoms with E-state index >= 15 is 0 Å². The average molecular weight is 461 g/mol. The first-order valence-electron chi connectivity index (χ1n) is 12.2. The number of carbonyl (C=O) groups excluding carboxylic acids is 3. The third-order valence-electron chi connectivity index (χ3n) is 9.45. The van der Waals surface area contributed by atoms with Gasteiger partial charge in [-0.3, -0.25) is 9.59 Å². The molecule has 0 heterocycles. The zero-order valence-corrected chi connectivity index (χ0v) is 20.1. The first kappa shape index (κ1) is 24.1. The van der Waals surface area contributed by atoms with E-state index in [1.165, 1.54) is 6.08 Å². The summed E-state index contributed by atoms with van der Waals surface area (Å²) in [5, 5.41) is 19.9. The Morgan fingerprint density at radius 1 is 1.15 bits per heavy atom. The Kier molecular flexibility index (Phi) is 6.11. The van der Waals surface area contributed by atoms with E-state index in [1.807, 2.05) is 13.8 Å². The Bertz CT molecular complexity index is 920. The van der Waals surface area contributed by atoms with Gasteiger partial charge in [-0.25, -0.2) is 4.79 Å². The quantitative estimate of drug-likeness (QED) is 0.585. The molecule has 4 aliphatic rings. The van der Waals surface area contributed by atoms with Gasteiger partial charge in [-0.15, -0.1) is 0 Å². The Labute approximate surface area is 195 Å². The highest BCUT2D eigenvalue weighted by molar-refractivity contribution is 5.99. The Morgan fingerprint density at radius 3 is 2.52 bits per heavy atom. The van der Waals surface area contributed by atoms with E-state index in [0.29, 0.717) is 32.3 Å². The number of Topliss-reactive ketones (excluding diaryl/α,β-unsaturated/α-hetero) is 1. The lowest BCUT2D eigenvalue weighted by Gasteiger charge is -2.59. The second-order valence-electron chi connectivity index (χ2n) is 10.8. The van der Waals surface area contributed by atoms with E-state index in [1.54, 1.807) is 13.0 Å². The smallest absolute Gasteiger partial charge is 0.333 e. The van der Waals surface area contributed by atoms with Gasteiger partial charge in [-0.2, -0.15) is 0 Å². The number of ketones is 2. The molecule has 33 heavy (non-hydrogen) atoms. The third-order valence-corrected chi connectivity index (χ3v) is 9.45. The number of hydrogen-bond acceptors (Lipinski definition) is 7. The molecule has 0 aromatic carbocycles. The minimum Gasteiger partial charge on any atom is -0.508 e. The van der Waals surface area contributed by atoms with Crippen molar-refractivity contribution in [1.82, 2.24) is 0 Å². The van der Waals surface area contributed by atoms with Crippen LogP contribution in [0.3, 0.4) is 0 Å². The van der Waals surface area contributed by atoms with Crippen molar-refractivity contribution in [1.29, 1.82) is 0 Å². The maximum Gasteiger partial charge on any atom is 0.333 e. The SMILES string of the molecule is CCOCC(=O)O[C@]1(C(=O)CO)CC[C@H]2[C@@H]3C[C@H](C)C4=CC(O)=CC(=O)[C@]4(C)[C@H]3CC[C@@]21C. The molecule has 4 aliphatic carbocycles. The number of hydrogen-bond donors (Lipinski definition) is 2. The largest absolute Gasteiger partial charge is 0.508 e. The summed E-state index contributed by atoms with van der Waals surface area (Å²) in [7, 11) is 0. The van der Waals surface area contributed by atoms with E-state index in [4.69, 9.17) is 9.47 Å². The molecule has 7 atom stereocenters. The van der Waals surface area contributed by atoms with Crippen molar-refractivity contribution in [3.05, 3.63) is 23.5 Å². The van der Waals surface area contributed by atoms with Crippen LogP contribution in [0.2, 0.25) is 0 Å². The monoisotopic (exact) mass is 460 g/mol. The summed E-state index contributed by atoms with van der Waals surface area (Å²) in [6, 6.07) is 0. The average Bonchev–Trinajstić information content (AvgIpc) is 3.07. The number of rotatable bonds is 6. The van der Waals surface area contributed by atoms with Crippen molar-refractivity contribution in [3.63, 3.8) is 0 Å². The molecule has 0 amide bonds. The zero-order valence-electron chi connectivity index (χ0n) is 20.1. The van der Waals surface area contributed by atoms with E-state index in [-0.39, 0.29) is 41.8 Å². The van der Waals surface area contributed by atoms with Gasteiger partial charge in [0.2, 0.25) is 5.78 Å². The molecule has 0 spiro atoms. The molecule has 0 bridgehead atoms. The molecular formula is C26H36O7. The van der Waals surface area contributed by atoms with E-state index < -0.39 is 34.8 Å². The summed E-state index contributed by atoms with van der Waals surface area (Å²) in [6.07, 6.45) is 6.35. The van der Waals surface area contributed by atoms with Gasteiger partial charge in [-0.05, 0) is 81.3 Å². The minimum atomic E-state index is -1.37. The fourth-order valence-electron chi connectivity index (χ4n) is 7.91. The molecule has 4 rings (SSSR count). The van der Waals surface area contributed by atoms with Crippen molar-refractivity contribution in [2.75, 3.05) is 19.8 Å². The van der Waals surface area contributed by atoms with Crippen molar-refractivity contribution in [3.8, 4) is 0 Å². The van der Waals surface area contributed by atoms with Gasteiger partial charge >= 0.3 is 5.97 Å². The lowest BCUT2D eigenvalue weighted by molar-refractivity contribution is -0.194. The lowest BCUT2D eigenvalue weighted by atomic mass is 9.45. The van der Waals surface area contributed by atoms with Gasteiger partial charge < -0.3 is 19.7 Å². The highest BCUT2D eigenvalue weighted by Crippen LogP contribution is 2.68. The van der Waals surface area contributed by atoms with Crippen LogP contribution in [0, 0.1) is 34.5 Å². The molecule has 3 saturated carbocycles. The molecule has 182 valence electrons. The third kappa shape index (κ3) is 3.34. The first-order chi connectivity index (χ1) is 15.5. The lowest BCUT2D eigenvalue weighted by Crippen LogP contribution is -2.61. The number of allylic oxidation sites excluding steroid dienone is 3. The fraction of sp³-hybridized carbons (Fsp3) is 0.731. The number of aliphatic hydroxyl groups is 2. The number of aliphatic hydroxyl groups excluding tert-OH is 2. The van der Waals surface area contributed by atoms with Crippen LogP contribution >= 0.6 is 0 Å². The summed E-state index contributed by atoms with van der Waals surface area (Å²) < 4.78 is 11.1. The van der Waals surface area contributed by atoms with Gasteiger partial charge in [0.05, 0.1) is 5.41 Å². The van der Waals surface area contributed by atoms with Crippen molar-refractivity contribution >= 4 is 17.5 Å². The standard InChI is InChI=1S/C26H36O7/c1-5-32-14-23(31)33-26(22(30)13-27)9-7-18-17-10-15(2)20-11-16(28)12-21(29)25(20,4)19(17)6-8-24(18,26)3/h11-12,15,17-19,27-28H,5-10,13-14H2,1-4H3/t15-,17-,18-,19-,24-,25+,26-/m0/s1. The zero-order chi connectivity index (χ0) is 24.2. The van der Waals surface area contributed by atoms with Crippen LogP contribution in [0.5, 0.6) is 0 Å². The van der Waals surface area contributed by atoms with Crippen LogP contribution in [-0.2, 0) is 23.9 Å². The van der Waals surface area contributed by atoms with Crippen LogP contribution in [0.4, 0.5) is 0 Å². The van der Waals surface area contributed by atoms with E-state index in [2.05, 4.69) is 6.92 Å². The molecular weight excluding hydrogens is 424 g/mol. The van der Waals surface area contributed by atoms with Crippen molar-refractivity contribution in [2.45, 2.75) is 65.4 Å². The maximum absolute atomic E-state index is 13.2. The molecule has 2 N–H and O–H groups in total. The Balaban J connectivity index is 1.70. The van der Waals surface area contributed by atoms with Crippen LogP contribution in [-0.4, -0.2) is 53.2 Å². The second kappa shape index (κ2) is 8.35. The van der Waals surface area contributed by atoms with Gasteiger partial charge in [0.1, 0.15) is 19.0 Å². The fourth-order valence-corrected chi connectivity index (χ4v) is 7.91. The van der Waals surface area contributed by atoms with Crippen LogP contribution in [0.15, 0.2) is 23.5 Å². The number of esters is 1. The van der Waals surface area contributed by atoms with Gasteiger partial charge in [0, 0.05) is 18.1 Å². The summed E-state index contributed by atoms with van der Waals surface area (Å²) in [6.45, 7) is 7.37. The van der Waals surface area contributed by atoms with Gasteiger partial charge in [0.25, 0.3) is 0 Å². The molecule has 0 unspecified atom stereocenters. The molecule has 7 nitrogen and oxygen atoms in total. The second-order valence-corrected chi connectivity index (χ2v) is 10.8. The summed E-state index contributed by atoms with van der Waals surface area (Å²) in [5.74, 6) is -0.601. The highest BCUT2D eigenvalue weighted by Gasteiger charge is 2.69. The molecule has 0 saturated heterocycles. The van der Waals surface area contributed by atoms with Gasteiger partial charge in [0.15, 0.2) is 11.4 Å². The predicted molar refractivity (Wildman–Crippen MR) is 120 cm³/mol. The maximum atomic E-state index is 13.2. The summed E-state index contributed by atoms with van der Waals surface area (Å²) in [4.78, 5) is 38.9. The molecule has 0 aromatic heterocycles. The molecule has 7 heteroatoms. The molecule has 0 aromatic rings. The first-order valence-corrected chi connectivity index (χ1v) is 12.2. The molecule has 0 aliphatic heterocycles. The number of carbonyl (C=O) groups is 3. The Hall–Kier alpha value is -1.99. The number of fused-ring (bicyclic) bond motifs is 5.